The van der Waals surface area contributed by atoms with Gasteiger partial charge >= 0.3 is 0 Å². The van der Waals surface area contributed by atoms with Crippen LogP contribution in [-0.2, 0) is 10.2 Å². The van der Waals surface area contributed by atoms with Crippen LogP contribution in [0.2, 0.25) is 0 Å². The highest BCUT2D eigenvalue weighted by Crippen LogP contribution is 2.34. The number of hydrogen-bond acceptors (Lipinski definition) is 1. The number of benzene rings is 1. The van der Waals surface area contributed by atoms with E-state index >= 15 is 0 Å². The lowest BCUT2D eigenvalue weighted by atomic mass is 9.84. The fourth-order valence-electron chi connectivity index (χ4n) is 2.85. The predicted molar refractivity (Wildman–Crippen MR) is 83.9 cm³/mol. The maximum atomic E-state index is 12.2. The molecule has 20 heavy (non-hydrogen) atoms. The lowest BCUT2D eigenvalue weighted by Gasteiger charge is -2.26. The molecule has 1 atom stereocenters. The molecule has 1 heterocycles. The average molecular weight is 269 g/mol. The molecule has 0 aliphatic carbocycles. The normalized spacial score (nSPS) is 19.3. The molecule has 2 nitrogen and oxygen atoms in total. The lowest BCUT2D eigenvalue weighted by Crippen LogP contribution is -2.26. The smallest absolute Gasteiger partial charge is 0.228 e. The van der Waals surface area contributed by atoms with Crippen molar-refractivity contribution in [1.82, 2.24) is 0 Å². The first kappa shape index (κ1) is 14.7. The highest BCUT2D eigenvalue weighted by molar-refractivity contribution is 5.97. The standard InChI is InChI=1S/C18H23NO/c1-7-14-10-16(20)19(11-14)17-12(2)8-15(9-13(17)3)18(4,5)6/h1,8-9,14H,10-11H2,2-6H3. The minimum absolute atomic E-state index is 0.0450. The third-order valence-corrected chi connectivity index (χ3v) is 3.99. The largest absolute Gasteiger partial charge is 0.311 e. The molecule has 0 spiro atoms. The van der Waals surface area contributed by atoms with E-state index in [2.05, 4.69) is 52.7 Å². The molecular weight excluding hydrogens is 246 g/mol. The van der Waals surface area contributed by atoms with E-state index in [0.29, 0.717) is 13.0 Å². The van der Waals surface area contributed by atoms with Crippen molar-refractivity contribution in [1.29, 1.82) is 0 Å². The van der Waals surface area contributed by atoms with Crippen LogP contribution in [-0.4, -0.2) is 12.5 Å². The first-order chi connectivity index (χ1) is 9.24. The van der Waals surface area contributed by atoms with Gasteiger partial charge in [-0.2, -0.15) is 0 Å². The molecule has 1 aliphatic heterocycles. The summed E-state index contributed by atoms with van der Waals surface area (Å²) in [5.74, 6) is 2.89. The van der Waals surface area contributed by atoms with Crippen LogP contribution in [0.25, 0.3) is 0 Å². The first-order valence-corrected chi connectivity index (χ1v) is 7.12. The van der Waals surface area contributed by atoms with Crippen molar-refractivity contribution in [3.63, 3.8) is 0 Å². The quantitative estimate of drug-likeness (QED) is 0.713. The van der Waals surface area contributed by atoms with Crippen molar-refractivity contribution in [3.05, 3.63) is 28.8 Å². The van der Waals surface area contributed by atoms with Gasteiger partial charge < -0.3 is 4.90 Å². The van der Waals surface area contributed by atoms with Gasteiger partial charge in [-0.1, -0.05) is 32.9 Å². The van der Waals surface area contributed by atoms with E-state index in [1.165, 1.54) is 5.56 Å². The van der Waals surface area contributed by atoms with Gasteiger partial charge in [0.25, 0.3) is 0 Å². The molecular formula is C18H23NO. The van der Waals surface area contributed by atoms with Gasteiger partial charge in [0.05, 0.1) is 0 Å². The molecule has 0 bridgehead atoms. The second-order valence-corrected chi connectivity index (χ2v) is 6.78. The summed E-state index contributed by atoms with van der Waals surface area (Å²) >= 11 is 0. The van der Waals surface area contributed by atoms with Crippen LogP contribution < -0.4 is 4.90 Å². The molecule has 1 aromatic rings. The molecule has 2 heteroatoms. The molecule has 0 radical (unpaired) electrons. The molecule has 1 aliphatic rings. The van der Waals surface area contributed by atoms with Crippen molar-refractivity contribution in [2.75, 3.05) is 11.4 Å². The first-order valence-electron chi connectivity index (χ1n) is 7.12. The zero-order chi connectivity index (χ0) is 15.1. The summed E-state index contributed by atoms with van der Waals surface area (Å²) in [7, 11) is 0. The van der Waals surface area contributed by atoms with Crippen molar-refractivity contribution >= 4 is 11.6 Å². The molecule has 0 aromatic heterocycles. The molecule has 1 aromatic carbocycles. The SMILES string of the molecule is C#CC1CC(=O)N(c2c(C)cc(C(C)(C)C)cc2C)C1. The Kier molecular flexibility index (Phi) is 3.65. The topological polar surface area (TPSA) is 20.3 Å². The zero-order valence-corrected chi connectivity index (χ0v) is 13.1. The molecule has 1 amide bonds. The molecule has 1 saturated heterocycles. The van der Waals surface area contributed by atoms with Crippen LogP contribution in [0.5, 0.6) is 0 Å². The van der Waals surface area contributed by atoms with Gasteiger partial charge in [-0.05, 0) is 36.0 Å². The van der Waals surface area contributed by atoms with E-state index in [4.69, 9.17) is 6.42 Å². The zero-order valence-electron chi connectivity index (χ0n) is 13.1. The third-order valence-electron chi connectivity index (χ3n) is 3.99. The van der Waals surface area contributed by atoms with Crippen LogP contribution >= 0.6 is 0 Å². The van der Waals surface area contributed by atoms with Crippen molar-refractivity contribution in [2.24, 2.45) is 5.92 Å². The number of aryl methyl sites for hydroxylation is 2. The summed E-state index contributed by atoms with van der Waals surface area (Å²) in [5, 5.41) is 0. The van der Waals surface area contributed by atoms with E-state index in [0.717, 1.165) is 16.8 Å². The highest BCUT2D eigenvalue weighted by atomic mass is 16.2. The summed E-state index contributed by atoms with van der Waals surface area (Å²) < 4.78 is 0. The summed E-state index contributed by atoms with van der Waals surface area (Å²) in [4.78, 5) is 14.0. The van der Waals surface area contributed by atoms with Gasteiger partial charge in [0, 0.05) is 24.6 Å². The van der Waals surface area contributed by atoms with Gasteiger partial charge in [-0.15, -0.1) is 12.3 Å². The molecule has 1 unspecified atom stereocenters. The Bertz CT molecular complexity index is 563. The minimum atomic E-state index is 0.0450. The Balaban J connectivity index is 2.45. The van der Waals surface area contributed by atoms with Gasteiger partial charge in [0.2, 0.25) is 5.91 Å². The molecule has 2 rings (SSSR count). The van der Waals surface area contributed by atoms with Crippen LogP contribution in [0.15, 0.2) is 12.1 Å². The van der Waals surface area contributed by atoms with E-state index in [1.807, 2.05) is 4.90 Å². The van der Waals surface area contributed by atoms with Crippen LogP contribution in [0.3, 0.4) is 0 Å². The molecule has 0 saturated carbocycles. The van der Waals surface area contributed by atoms with Crippen molar-refractivity contribution < 1.29 is 4.79 Å². The number of carbonyl (C=O) groups excluding carboxylic acids is 1. The van der Waals surface area contributed by atoms with E-state index in [-0.39, 0.29) is 17.2 Å². The fraction of sp³-hybridized carbons (Fsp3) is 0.500. The lowest BCUT2D eigenvalue weighted by molar-refractivity contribution is -0.117. The second-order valence-electron chi connectivity index (χ2n) is 6.78. The van der Waals surface area contributed by atoms with Crippen LogP contribution in [0, 0.1) is 32.1 Å². The Morgan fingerprint density at radius 1 is 1.25 bits per heavy atom. The molecule has 1 fully saturated rings. The molecule has 0 N–H and O–H groups in total. The van der Waals surface area contributed by atoms with E-state index in [1.54, 1.807) is 0 Å². The monoisotopic (exact) mass is 269 g/mol. The maximum absolute atomic E-state index is 12.2. The Hall–Kier alpha value is -1.75. The Morgan fingerprint density at radius 3 is 2.20 bits per heavy atom. The van der Waals surface area contributed by atoms with E-state index in [9.17, 15) is 4.79 Å². The van der Waals surface area contributed by atoms with Gasteiger partial charge in [-0.25, -0.2) is 0 Å². The van der Waals surface area contributed by atoms with Gasteiger partial charge in [-0.3, -0.25) is 4.79 Å². The highest BCUT2D eigenvalue weighted by Gasteiger charge is 2.31. The third kappa shape index (κ3) is 2.58. The Morgan fingerprint density at radius 2 is 1.80 bits per heavy atom. The number of rotatable bonds is 1. The number of terminal acetylenes is 1. The summed E-state index contributed by atoms with van der Waals surface area (Å²) in [5.41, 5.74) is 4.77. The number of hydrogen-bond donors (Lipinski definition) is 0. The van der Waals surface area contributed by atoms with Crippen LogP contribution in [0.4, 0.5) is 5.69 Å². The van der Waals surface area contributed by atoms with Crippen molar-refractivity contribution in [3.8, 4) is 12.3 Å². The van der Waals surface area contributed by atoms with E-state index < -0.39 is 0 Å². The second kappa shape index (κ2) is 4.98. The van der Waals surface area contributed by atoms with Gasteiger partial charge in [0.1, 0.15) is 0 Å². The summed E-state index contributed by atoms with van der Waals surface area (Å²) in [6, 6.07) is 4.39. The summed E-state index contributed by atoms with van der Waals surface area (Å²) in [6.07, 6.45) is 5.93. The van der Waals surface area contributed by atoms with Gasteiger partial charge in [0.15, 0.2) is 0 Å². The predicted octanol–water partition coefficient (Wildman–Crippen LogP) is 3.59. The maximum Gasteiger partial charge on any atom is 0.228 e. The van der Waals surface area contributed by atoms with Crippen molar-refractivity contribution in [2.45, 2.75) is 46.5 Å². The summed E-state index contributed by atoms with van der Waals surface area (Å²) in [6.45, 7) is 11.4. The number of carbonyl (C=O) groups is 1. The fourth-order valence-corrected chi connectivity index (χ4v) is 2.85. The molecule has 106 valence electrons. The Labute approximate surface area is 122 Å². The van der Waals surface area contributed by atoms with Crippen LogP contribution in [0.1, 0.15) is 43.9 Å². The number of nitrogens with zero attached hydrogens (tertiary/aromatic N) is 1. The number of amides is 1. The number of anilines is 1. The average Bonchev–Trinajstić information content (AvgIpc) is 2.69. The minimum Gasteiger partial charge on any atom is -0.311 e.